The molecule has 2 nitrogen and oxygen atoms in total. The summed E-state index contributed by atoms with van der Waals surface area (Å²) in [5, 5.41) is 5.01. The van der Waals surface area contributed by atoms with Crippen LogP contribution < -0.4 is 21.2 Å². The fourth-order valence-electron chi connectivity index (χ4n) is 5.23. The molecule has 1 fully saturated rings. The van der Waals surface area contributed by atoms with Gasteiger partial charge in [-0.05, 0) is 38.5 Å². The molecular weight excluding hydrogens is 740 g/mol. The molecule has 1 radical (unpaired) electrons. The van der Waals surface area contributed by atoms with E-state index < -0.39 is 23.6 Å². The summed E-state index contributed by atoms with van der Waals surface area (Å²) >= 11 is 0. The molecule has 0 aliphatic heterocycles. The van der Waals surface area contributed by atoms with Crippen molar-refractivity contribution in [1.29, 1.82) is 0 Å². The maximum absolute atomic E-state index is 9.75. The van der Waals surface area contributed by atoms with Gasteiger partial charge in [0, 0.05) is 40.7 Å². The average Bonchev–Trinajstić information content (AvgIpc) is 3.07. The fourth-order valence-corrected chi connectivity index (χ4v) is 9.10. The van der Waals surface area contributed by atoms with Crippen molar-refractivity contribution in [3.63, 3.8) is 0 Å². The van der Waals surface area contributed by atoms with E-state index >= 15 is 0 Å². The van der Waals surface area contributed by atoms with Gasteiger partial charge in [0.05, 0.1) is 28.5 Å². The SMILES string of the molecule is C1=C\CC/C=C\CC/1.F[B-](F)(F)F.[Rh].c1ccc(P(O[C@@H]2CCCC[C@H]2OP(c2ccccc2)c2ccccc2)c2ccccc2)cc1. The second kappa shape index (κ2) is 22.3. The van der Waals surface area contributed by atoms with Gasteiger partial charge in [-0.15, -0.1) is 0 Å². The fraction of sp³-hybridized carbons (Fsp3) is 0.263. The molecule has 2 atom stereocenters. The predicted octanol–water partition coefficient (Wildman–Crippen LogP) is 10.4. The Bertz CT molecular complexity index is 1260. The third kappa shape index (κ3) is 15.0. The Morgan fingerprint density at radius 3 is 0.896 bits per heavy atom. The van der Waals surface area contributed by atoms with Gasteiger partial charge in [-0.3, -0.25) is 0 Å². The summed E-state index contributed by atoms with van der Waals surface area (Å²) in [6, 6.07) is 42.7. The Balaban J connectivity index is 0.000000376. The van der Waals surface area contributed by atoms with Crippen LogP contribution in [0.4, 0.5) is 17.3 Å². The standard InChI is InChI=1S/C30H30O2P2.C8H12.BF4.Rh/c1-5-15-25(16-6-1)33(26-17-7-2-8-18-26)31-29-23-13-14-24-30(29)32-34(27-19-9-3-10-20-27)28-21-11-4-12-22-28;1-2-4-6-8-7-5-3-1;2-1(3,4)5;/h1-12,15-22,29-30H,13-14,23-24H2;1-2,7-8H,3-6H2;;/q;;-1;/b;2-1-,8-7-;;/t29-,30-;;;/m1.../s1. The van der Waals surface area contributed by atoms with Crippen LogP contribution in [0.25, 0.3) is 0 Å². The van der Waals surface area contributed by atoms with E-state index in [0.717, 1.165) is 12.8 Å². The van der Waals surface area contributed by atoms with Gasteiger partial charge in [-0.2, -0.15) is 0 Å². The van der Waals surface area contributed by atoms with Crippen LogP contribution in [-0.2, 0) is 28.5 Å². The zero-order valence-electron chi connectivity index (χ0n) is 26.8. The van der Waals surface area contributed by atoms with Crippen molar-refractivity contribution >= 4 is 44.8 Å². The number of hydrogen-bond donors (Lipinski definition) is 0. The molecule has 0 saturated heterocycles. The van der Waals surface area contributed by atoms with E-state index in [9.17, 15) is 17.3 Å². The molecule has 2 aliphatic carbocycles. The summed E-state index contributed by atoms with van der Waals surface area (Å²) in [5.41, 5.74) is 0. The molecule has 0 spiro atoms. The van der Waals surface area contributed by atoms with Gasteiger partial charge in [0.2, 0.25) is 0 Å². The molecule has 2 aliphatic rings. The topological polar surface area (TPSA) is 18.5 Å². The number of halogens is 4. The zero-order valence-corrected chi connectivity index (χ0v) is 30.2. The Hall–Kier alpha value is -2.45. The van der Waals surface area contributed by atoms with Gasteiger partial charge in [0.25, 0.3) is 0 Å². The molecule has 10 heteroatoms. The van der Waals surface area contributed by atoms with E-state index in [2.05, 4.69) is 146 Å². The maximum Gasteiger partial charge on any atom is 0.673 e. The molecular formula is C38H42BF4O2P2Rh-. The Morgan fingerprint density at radius 1 is 0.438 bits per heavy atom. The van der Waals surface area contributed by atoms with E-state index in [0.29, 0.717) is 0 Å². The minimum absolute atomic E-state index is 0. The number of benzene rings is 4. The van der Waals surface area contributed by atoms with E-state index in [1.54, 1.807) is 0 Å². The van der Waals surface area contributed by atoms with Gasteiger partial charge in [0.1, 0.15) is 0 Å². The van der Waals surface area contributed by atoms with Crippen LogP contribution in [0.1, 0.15) is 51.4 Å². The summed E-state index contributed by atoms with van der Waals surface area (Å²) in [6.07, 6.45) is 18.6. The smallest absolute Gasteiger partial charge is 0.418 e. The van der Waals surface area contributed by atoms with Crippen molar-refractivity contribution in [2.24, 2.45) is 0 Å². The van der Waals surface area contributed by atoms with Crippen molar-refractivity contribution in [3.8, 4) is 0 Å². The van der Waals surface area contributed by atoms with Gasteiger partial charge < -0.3 is 26.3 Å². The number of rotatable bonds is 8. The van der Waals surface area contributed by atoms with Crippen molar-refractivity contribution < 1.29 is 45.8 Å². The van der Waals surface area contributed by atoms with Crippen LogP contribution in [0.5, 0.6) is 0 Å². The molecule has 0 N–H and O–H groups in total. The van der Waals surface area contributed by atoms with Gasteiger partial charge in [-0.1, -0.05) is 158 Å². The molecule has 6 rings (SSSR count). The monoisotopic (exact) mass is 782 g/mol. The summed E-state index contributed by atoms with van der Waals surface area (Å²) in [4.78, 5) is 0. The second-order valence-corrected chi connectivity index (χ2v) is 14.8. The summed E-state index contributed by atoms with van der Waals surface area (Å²) in [6.45, 7) is 0. The molecule has 4 aromatic carbocycles. The van der Waals surface area contributed by atoms with E-state index in [-0.39, 0.29) is 31.7 Å². The van der Waals surface area contributed by atoms with Crippen molar-refractivity contribution in [1.82, 2.24) is 0 Å². The predicted molar refractivity (Wildman–Crippen MR) is 193 cm³/mol. The molecule has 0 heterocycles. The first-order valence-electron chi connectivity index (χ1n) is 16.2. The van der Waals surface area contributed by atoms with Crippen LogP contribution in [0.3, 0.4) is 0 Å². The third-order valence-corrected chi connectivity index (χ3v) is 11.5. The summed E-state index contributed by atoms with van der Waals surface area (Å²) < 4.78 is 53.0. The Labute approximate surface area is 298 Å². The molecule has 0 unspecified atom stereocenters. The van der Waals surface area contributed by atoms with Gasteiger partial charge in [-0.25, -0.2) is 0 Å². The molecule has 0 bridgehead atoms. The number of allylic oxidation sites excluding steroid dienone is 4. The molecule has 0 aromatic heterocycles. The molecule has 1 saturated carbocycles. The first-order valence-corrected chi connectivity index (χ1v) is 18.7. The quantitative estimate of drug-likeness (QED) is 0.0767. The van der Waals surface area contributed by atoms with Crippen LogP contribution >= 0.6 is 16.3 Å². The van der Waals surface area contributed by atoms with Crippen molar-refractivity contribution in [2.75, 3.05) is 0 Å². The maximum atomic E-state index is 9.75. The van der Waals surface area contributed by atoms with E-state index in [1.807, 2.05) is 0 Å². The second-order valence-electron chi connectivity index (χ2n) is 11.1. The van der Waals surface area contributed by atoms with Crippen LogP contribution in [0.2, 0.25) is 0 Å². The average molecular weight is 782 g/mol. The normalized spacial score (nSPS) is 18.9. The van der Waals surface area contributed by atoms with Crippen LogP contribution in [0.15, 0.2) is 146 Å². The van der Waals surface area contributed by atoms with Crippen LogP contribution in [-0.4, -0.2) is 19.5 Å². The first kappa shape index (κ1) is 40.0. The molecule has 4 aromatic rings. The summed E-state index contributed by atoms with van der Waals surface area (Å²) in [7, 11) is -7.81. The first-order chi connectivity index (χ1) is 22.9. The summed E-state index contributed by atoms with van der Waals surface area (Å²) in [5.74, 6) is 0. The van der Waals surface area contributed by atoms with E-state index in [4.69, 9.17) is 9.05 Å². The Kier molecular flexibility index (Phi) is 18.6. The van der Waals surface area contributed by atoms with Gasteiger partial charge >= 0.3 is 7.25 Å². The third-order valence-electron chi connectivity index (χ3n) is 7.42. The Morgan fingerprint density at radius 2 is 0.667 bits per heavy atom. The molecule has 0 amide bonds. The van der Waals surface area contributed by atoms with E-state index in [1.165, 1.54) is 59.7 Å². The van der Waals surface area contributed by atoms with Crippen LogP contribution in [0, 0.1) is 0 Å². The molecule has 48 heavy (non-hydrogen) atoms. The largest absolute Gasteiger partial charge is 0.673 e. The minimum Gasteiger partial charge on any atom is -0.418 e. The zero-order chi connectivity index (χ0) is 33.2. The minimum atomic E-state index is -6.00. The van der Waals surface area contributed by atoms with Crippen molar-refractivity contribution in [2.45, 2.75) is 63.6 Å². The van der Waals surface area contributed by atoms with Crippen molar-refractivity contribution in [3.05, 3.63) is 146 Å². The van der Waals surface area contributed by atoms with Gasteiger partial charge in [0.15, 0.2) is 0 Å². The number of hydrogen-bond acceptors (Lipinski definition) is 2. The molecule has 257 valence electrons.